The Morgan fingerprint density at radius 3 is 0.804 bits per heavy atom. The normalized spacial score (nSPS) is 12.1. The zero-order valence-electron chi connectivity index (χ0n) is 27.7. The molecular formula is C45H35ClN4O. The number of aromatic nitrogens is 4. The summed E-state index contributed by atoms with van der Waals surface area (Å²) < 4.78 is 4.07. The third kappa shape index (κ3) is 5.39. The molecule has 248 valence electrons. The molecule has 0 aliphatic rings. The van der Waals surface area contributed by atoms with Gasteiger partial charge in [0.2, 0.25) is 5.06 Å². The van der Waals surface area contributed by atoms with E-state index < -0.39 is 16.1 Å². The highest BCUT2D eigenvalue weighted by atomic mass is 35.5. The monoisotopic (exact) mass is 682 g/mol. The van der Waals surface area contributed by atoms with Crippen molar-refractivity contribution >= 4 is 11.6 Å². The van der Waals surface area contributed by atoms with Gasteiger partial charge in [-0.15, -0.1) is 0 Å². The molecule has 0 aliphatic heterocycles. The van der Waals surface area contributed by atoms with Crippen LogP contribution in [-0.2, 0) is 16.1 Å². The van der Waals surface area contributed by atoms with Crippen molar-refractivity contribution in [3.8, 4) is 0 Å². The average Bonchev–Trinajstić information content (AvgIpc) is 3.91. The van der Waals surface area contributed by atoms with E-state index in [9.17, 15) is 5.11 Å². The van der Waals surface area contributed by atoms with Crippen molar-refractivity contribution in [1.82, 2.24) is 19.1 Å². The molecule has 0 amide bonds. The summed E-state index contributed by atoms with van der Waals surface area (Å²) in [5.41, 5.74) is 5.09. The number of hydrogen-bond acceptors (Lipinski definition) is 3. The van der Waals surface area contributed by atoms with Crippen LogP contribution in [0.3, 0.4) is 0 Å². The zero-order chi connectivity index (χ0) is 34.7. The van der Waals surface area contributed by atoms with E-state index in [2.05, 4.69) is 72.8 Å². The molecule has 1 N–H and O–H groups in total. The molecule has 8 rings (SSSR count). The number of nitrogens with zero attached hydrogens (tertiary/aromatic N) is 4. The van der Waals surface area contributed by atoms with E-state index in [4.69, 9.17) is 21.6 Å². The number of imidazole rings is 2. The standard InChI is InChI=1S/C45H35ClN4O/c46-45(51,41-31-49(33-47-41)43(35-19-7-1-8-20-35,36-21-9-2-10-22-36)37-23-11-3-12-24-37)42-32-50(34-48-42)44(38-25-13-4-14-26-38,39-27-15-5-16-28-39)40-29-17-6-18-30-40/h1-34,51H. The molecule has 0 bridgehead atoms. The van der Waals surface area contributed by atoms with Gasteiger partial charge < -0.3 is 14.2 Å². The van der Waals surface area contributed by atoms with Crippen LogP contribution in [0.5, 0.6) is 0 Å². The minimum absolute atomic E-state index is 0.256. The first-order valence-electron chi connectivity index (χ1n) is 16.9. The lowest BCUT2D eigenvalue weighted by Gasteiger charge is -2.37. The topological polar surface area (TPSA) is 55.9 Å². The molecule has 5 nitrogen and oxygen atoms in total. The van der Waals surface area contributed by atoms with Crippen LogP contribution in [0.25, 0.3) is 0 Å². The van der Waals surface area contributed by atoms with Gasteiger partial charge in [0, 0.05) is 12.4 Å². The van der Waals surface area contributed by atoms with Gasteiger partial charge >= 0.3 is 0 Å². The molecule has 2 heterocycles. The molecule has 51 heavy (non-hydrogen) atoms. The maximum Gasteiger partial charge on any atom is 0.227 e. The van der Waals surface area contributed by atoms with E-state index in [1.54, 1.807) is 12.7 Å². The number of halogens is 1. The molecule has 6 heteroatoms. The highest BCUT2D eigenvalue weighted by Crippen LogP contribution is 2.44. The molecule has 0 saturated heterocycles. The van der Waals surface area contributed by atoms with E-state index in [1.165, 1.54) is 0 Å². The van der Waals surface area contributed by atoms with E-state index in [0.29, 0.717) is 0 Å². The number of aliphatic hydroxyl groups is 1. The number of benzene rings is 6. The van der Waals surface area contributed by atoms with E-state index in [-0.39, 0.29) is 11.4 Å². The maximum atomic E-state index is 12.3. The highest BCUT2D eigenvalue weighted by Gasteiger charge is 2.43. The summed E-state index contributed by atoms with van der Waals surface area (Å²) in [6, 6.07) is 61.9. The Morgan fingerprint density at radius 1 is 0.373 bits per heavy atom. The maximum absolute atomic E-state index is 12.3. The number of rotatable bonds is 10. The van der Waals surface area contributed by atoms with Crippen LogP contribution in [0.4, 0.5) is 0 Å². The molecule has 0 atom stereocenters. The molecule has 2 aromatic heterocycles. The van der Waals surface area contributed by atoms with Gasteiger partial charge in [0.05, 0.1) is 12.7 Å². The van der Waals surface area contributed by atoms with Gasteiger partial charge in [-0.3, -0.25) is 0 Å². The van der Waals surface area contributed by atoms with E-state index >= 15 is 0 Å². The van der Waals surface area contributed by atoms with Crippen molar-refractivity contribution in [2.45, 2.75) is 16.1 Å². The lowest BCUT2D eigenvalue weighted by atomic mass is 9.76. The predicted octanol–water partition coefficient (Wildman–Crippen LogP) is 9.19. The minimum Gasteiger partial charge on any atom is -0.365 e. The summed E-state index contributed by atoms with van der Waals surface area (Å²) in [4.78, 5) is 9.57. The van der Waals surface area contributed by atoms with Gasteiger partial charge in [0.1, 0.15) is 22.5 Å². The first-order chi connectivity index (χ1) is 25.1. The fourth-order valence-electron chi connectivity index (χ4n) is 7.46. The number of hydrogen-bond donors (Lipinski definition) is 1. The summed E-state index contributed by atoms with van der Waals surface area (Å²) in [6.45, 7) is 0. The van der Waals surface area contributed by atoms with Crippen LogP contribution < -0.4 is 0 Å². The van der Waals surface area contributed by atoms with Gasteiger partial charge in [-0.05, 0) is 33.4 Å². The lowest BCUT2D eigenvalue weighted by Crippen LogP contribution is -2.37. The molecule has 0 aliphatic carbocycles. The Bertz CT molecular complexity index is 1960. The number of alkyl halides is 1. The zero-order valence-corrected chi connectivity index (χ0v) is 28.5. The molecule has 6 aromatic carbocycles. The van der Waals surface area contributed by atoms with E-state index in [0.717, 1.165) is 33.4 Å². The van der Waals surface area contributed by atoms with Gasteiger partial charge in [-0.1, -0.05) is 194 Å². The van der Waals surface area contributed by atoms with Gasteiger partial charge in [0.15, 0.2) is 0 Å². The summed E-state index contributed by atoms with van der Waals surface area (Å²) in [6.07, 6.45) is 7.15. The summed E-state index contributed by atoms with van der Waals surface area (Å²) in [5.74, 6) is 0. The molecule has 0 saturated carbocycles. The second-order valence-corrected chi connectivity index (χ2v) is 13.1. The Labute approximate surface area is 302 Å². The van der Waals surface area contributed by atoms with Crippen molar-refractivity contribution in [3.63, 3.8) is 0 Å². The average molecular weight is 683 g/mol. The smallest absolute Gasteiger partial charge is 0.227 e. The van der Waals surface area contributed by atoms with Crippen molar-refractivity contribution in [2.24, 2.45) is 0 Å². The van der Waals surface area contributed by atoms with E-state index in [1.807, 2.05) is 131 Å². The Kier molecular flexibility index (Phi) is 8.44. The van der Waals surface area contributed by atoms with Crippen molar-refractivity contribution < 1.29 is 5.11 Å². The van der Waals surface area contributed by atoms with Crippen molar-refractivity contribution in [2.75, 3.05) is 0 Å². The first-order valence-corrected chi connectivity index (χ1v) is 17.3. The fraction of sp³-hybridized carbons (Fsp3) is 0.0667. The molecule has 8 aromatic rings. The third-order valence-corrected chi connectivity index (χ3v) is 10.2. The van der Waals surface area contributed by atoms with Crippen molar-refractivity contribution in [3.05, 3.63) is 252 Å². The minimum atomic E-state index is -2.05. The van der Waals surface area contributed by atoms with Crippen LogP contribution in [0, 0.1) is 0 Å². The highest BCUT2D eigenvalue weighted by molar-refractivity contribution is 6.24. The Hall–Kier alpha value is -6.01. The summed E-state index contributed by atoms with van der Waals surface area (Å²) in [7, 11) is 0. The quantitative estimate of drug-likeness (QED) is 0.116. The molecule has 0 unspecified atom stereocenters. The SMILES string of the molecule is OC(Cl)(c1cn(C(c2ccccc2)(c2ccccc2)c2ccccc2)cn1)c1cn(C(c2ccccc2)(c2ccccc2)c2ccccc2)cn1. The van der Waals surface area contributed by atoms with Crippen LogP contribution in [0.1, 0.15) is 44.8 Å². The van der Waals surface area contributed by atoms with Crippen LogP contribution in [-0.4, -0.2) is 24.2 Å². The van der Waals surface area contributed by atoms with Crippen LogP contribution in [0.15, 0.2) is 207 Å². The third-order valence-electron chi connectivity index (χ3n) is 9.77. The molecular weight excluding hydrogens is 648 g/mol. The first kappa shape index (κ1) is 32.2. The molecule has 0 radical (unpaired) electrons. The Morgan fingerprint density at radius 2 is 0.588 bits per heavy atom. The second-order valence-electron chi connectivity index (χ2n) is 12.6. The Balaban J connectivity index is 1.30. The molecule has 0 fully saturated rings. The summed E-state index contributed by atoms with van der Waals surface area (Å²) in [5, 5.41) is 10.2. The van der Waals surface area contributed by atoms with Gasteiger partial charge in [-0.25, -0.2) is 9.97 Å². The lowest BCUT2D eigenvalue weighted by molar-refractivity contribution is 0.163. The second kappa shape index (κ2) is 13.4. The largest absolute Gasteiger partial charge is 0.365 e. The molecule has 0 spiro atoms. The predicted molar refractivity (Wildman–Crippen MR) is 203 cm³/mol. The van der Waals surface area contributed by atoms with Gasteiger partial charge in [0.25, 0.3) is 0 Å². The fourth-order valence-corrected chi connectivity index (χ4v) is 7.65. The van der Waals surface area contributed by atoms with Crippen molar-refractivity contribution in [1.29, 1.82) is 0 Å². The van der Waals surface area contributed by atoms with Gasteiger partial charge in [-0.2, -0.15) is 0 Å². The van der Waals surface area contributed by atoms with Crippen LogP contribution >= 0.6 is 11.6 Å². The van der Waals surface area contributed by atoms with Crippen LogP contribution in [0.2, 0.25) is 0 Å². The summed E-state index contributed by atoms with van der Waals surface area (Å²) >= 11 is 7.19.